The van der Waals surface area contributed by atoms with Gasteiger partial charge in [-0.1, -0.05) is 43.7 Å². The van der Waals surface area contributed by atoms with Crippen LogP contribution in [0.15, 0.2) is 52.8 Å². The standard InChI is InChI=1S/C30H32FNO2/c1-3-6-19(4-2)7-5-8-20-9-10-21-11-12-23-24(15-16-26(23)33)27(21)28-22(20)13-14-25(29(28)31)30-32-17-18-34-30/h6,11-14,17-18,20H,3-5,7-10,15-16H2,1-2H3. The fourth-order valence-corrected chi connectivity index (χ4v) is 5.89. The number of oxazole rings is 1. The number of benzene rings is 2. The first-order valence-electron chi connectivity index (χ1n) is 12.7. The van der Waals surface area contributed by atoms with Crippen LogP contribution in [-0.2, 0) is 12.8 Å². The van der Waals surface area contributed by atoms with Crippen LogP contribution in [0.3, 0.4) is 0 Å². The zero-order chi connectivity index (χ0) is 23.7. The van der Waals surface area contributed by atoms with E-state index in [4.69, 9.17) is 4.42 Å². The van der Waals surface area contributed by atoms with Crippen LogP contribution in [0.1, 0.15) is 91.8 Å². The van der Waals surface area contributed by atoms with Gasteiger partial charge >= 0.3 is 0 Å². The summed E-state index contributed by atoms with van der Waals surface area (Å²) in [5.74, 6) is 0.465. The Balaban J connectivity index is 1.60. The van der Waals surface area contributed by atoms with Gasteiger partial charge in [0.25, 0.3) is 0 Å². The van der Waals surface area contributed by atoms with Gasteiger partial charge in [0, 0.05) is 17.5 Å². The quantitative estimate of drug-likeness (QED) is 0.336. The van der Waals surface area contributed by atoms with Gasteiger partial charge in [0.2, 0.25) is 5.89 Å². The fraction of sp³-hybridized carbons (Fsp3) is 0.400. The second kappa shape index (κ2) is 9.69. The third-order valence-electron chi connectivity index (χ3n) is 7.59. The Morgan fingerprint density at radius 2 is 1.97 bits per heavy atom. The molecule has 3 nitrogen and oxygen atoms in total. The van der Waals surface area contributed by atoms with Crippen molar-refractivity contribution in [3.05, 3.63) is 76.4 Å². The number of allylic oxidation sites excluding steroid dienone is 2. The van der Waals surface area contributed by atoms with Crippen molar-refractivity contribution in [1.29, 1.82) is 0 Å². The Morgan fingerprint density at radius 3 is 2.74 bits per heavy atom. The van der Waals surface area contributed by atoms with Crippen molar-refractivity contribution in [1.82, 2.24) is 4.98 Å². The van der Waals surface area contributed by atoms with Gasteiger partial charge in [-0.15, -0.1) is 0 Å². The molecule has 5 rings (SSSR count). The van der Waals surface area contributed by atoms with Crippen LogP contribution in [0.5, 0.6) is 0 Å². The first-order chi connectivity index (χ1) is 16.6. The molecule has 0 bridgehead atoms. The van der Waals surface area contributed by atoms with Crippen molar-refractivity contribution in [2.24, 2.45) is 0 Å². The van der Waals surface area contributed by atoms with Crippen molar-refractivity contribution >= 4 is 5.78 Å². The maximum absolute atomic E-state index is 16.3. The molecule has 1 aromatic heterocycles. The molecule has 0 saturated carbocycles. The minimum absolute atomic E-state index is 0.166. The van der Waals surface area contributed by atoms with Crippen LogP contribution < -0.4 is 0 Å². The molecule has 0 saturated heterocycles. The van der Waals surface area contributed by atoms with Crippen LogP contribution in [-0.4, -0.2) is 10.8 Å². The van der Waals surface area contributed by atoms with E-state index in [1.807, 2.05) is 12.1 Å². The maximum atomic E-state index is 16.3. The first-order valence-corrected chi connectivity index (χ1v) is 12.7. The van der Waals surface area contributed by atoms with Gasteiger partial charge in [0.05, 0.1) is 11.8 Å². The summed E-state index contributed by atoms with van der Waals surface area (Å²) in [5.41, 5.74) is 7.52. The molecule has 0 amide bonds. The van der Waals surface area contributed by atoms with Gasteiger partial charge < -0.3 is 4.42 Å². The Hall–Kier alpha value is -3.01. The van der Waals surface area contributed by atoms with E-state index in [-0.39, 0.29) is 17.5 Å². The molecule has 34 heavy (non-hydrogen) atoms. The fourth-order valence-electron chi connectivity index (χ4n) is 5.89. The van der Waals surface area contributed by atoms with E-state index in [0.29, 0.717) is 29.9 Å². The number of Topliss-reactive ketones (excluding diaryl/α,β-unsaturated/α-hetero) is 1. The Kier molecular flexibility index (Phi) is 6.49. The Labute approximate surface area is 201 Å². The van der Waals surface area contributed by atoms with E-state index in [1.54, 1.807) is 6.20 Å². The summed E-state index contributed by atoms with van der Waals surface area (Å²) < 4.78 is 21.8. The summed E-state index contributed by atoms with van der Waals surface area (Å²) in [6.07, 6.45) is 13.8. The molecular formula is C30H32FNO2. The summed E-state index contributed by atoms with van der Waals surface area (Å²) in [7, 11) is 0. The summed E-state index contributed by atoms with van der Waals surface area (Å²) in [6.45, 7) is 4.41. The lowest BCUT2D eigenvalue weighted by Gasteiger charge is -2.20. The van der Waals surface area contributed by atoms with Crippen LogP contribution >= 0.6 is 0 Å². The topological polar surface area (TPSA) is 43.1 Å². The molecule has 0 spiro atoms. The number of aromatic nitrogens is 1. The molecule has 0 radical (unpaired) electrons. The lowest BCUT2D eigenvalue weighted by Crippen LogP contribution is -2.04. The summed E-state index contributed by atoms with van der Waals surface area (Å²) >= 11 is 0. The molecule has 1 unspecified atom stereocenters. The van der Waals surface area contributed by atoms with Gasteiger partial charge in [0.15, 0.2) is 5.78 Å². The minimum Gasteiger partial charge on any atom is -0.444 e. The second-order valence-corrected chi connectivity index (χ2v) is 9.53. The SMILES string of the molecule is CCC=C(CC)CCCC1CCc2ccc3c(c2-c2c1ccc(-c1ncco1)c2F)CCC3=O. The van der Waals surface area contributed by atoms with E-state index in [1.165, 1.54) is 11.8 Å². The highest BCUT2D eigenvalue weighted by molar-refractivity contribution is 6.03. The molecule has 2 aliphatic rings. The molecule has 1 heterocycles. The minimum atomic E-state index is -0.277. The number of carbonyl (C=O) groups excluding carboxylic acids is 1. The number of aryl methyl sites for hydroxylation is 1. The number of hydrogen-bond donors (Lipinski definition) is 0. The molecule has 0 N–H and O–H groups in total. The van der Waals surface area contributed by atoms with Crippen LogP contribution in [0.4, 0.5) is 4.39 Å². The molecule has 176 valence electrons. The molecule has 1 atom stereocenters. The van der Waals surface area contributed by atoms with Gasteiger partial charge in [-0.05, 0) is 85.6 Å². The van der Waals surface area contributed by atoms with Crippen LogP contribution in [0.25, 0.3) is 22.6 Å². The molecule has 2 aliphatic carbocycles. The number of halogens is 1. The van der Waals surface area contributed by atoms with Crippen molar-refractivity contribution < 1.29 is 13.6 Å². The Bertz CT molecular complexity index is 1240. The van der Waals surface area contributed by atoms with Gasteiger partial charge in [-0.3, -0.25) is 4.79 Å². The zero-order valence-electron chi connectivity index (χ0n) is 20.1. The van der Waals surface area contributed by atoms with Gasteiger partial charge in [-0.25, -0.2) is 9.37 Å². The Morgan fingerprint density at radius 1 is 1.12 bits per heavy atom. The number of rotatable bonds is 7. The van der Waals surface area contributed by atoms with E-state index < -0.39 is 0 Å². The summed E-state index contributed by atoms with van der Waals surface area (Å²) in [4.78, 5) is 16.7. The smallest absolute Gasteiger partial charge is 0.228 e. The van der Waals surface area contributed by atoms with Gasteiger partial charge in [0.1, 0.15) is 12.1 Å². The van der Waals surface area contributed by atoms with Gasteiger partial charge in [-0.2, -0.15) is 0 Å². The first kappa shape index (κ1) is 22.8. The molecule has 0 fully saturated rings. The molecule has 2 aromatic carbocycles. The highest BCUT2D eigenvalue weighted by Gasteiger charge is 2.32. The number of nitrogens with zero attached hydrogens (tertiary/aromatic N) is 1. The second-order valence-electron chi connectivity index (χ2n) is 9.53. The van der Waals surface area contributed by atoms with E-state index in [2.05, 4.69) is 37.0 Å². The molecular weight excluding hydrogens is 425 g/mol. The van der Waals surface area contributed by atoms with Crippen LogP contribution in [0.2, 0.25) is 0 Å². The number of ketones is 1. The number of hydrogen-bond acceptors (Lipinski definition) is 3. The summed E-state index contributed by atoms with van der Waals surface area (Å²) in [6, 6.07) is 7.92. The maximum Gasteiger partial charge on any atom is 0.228 e. The summed E-state index contributed by atoms with van der Waals surface area (Å²) in [5, 5.41) is 0. The van der Waals surface area contributed by atoms with Crippen LogP contribution in [0, 0.1) is 5.82 Å². The molecule has 3 aromatic rings. The molecule has 0 aliphatic heterocycles. The monoisotopic (exact) mass is 457 g/mol. The van der Waals surface area contributed by atoms with E-state index in [0.717, 1.165) is 72.8 Å². The van der Waals surface area contributed by atoms with Crippen molar-refractivity contribution in [3.8, 4) is 22.6 Å². The van der Waals surface area contributed by atoms with Crippen molar-refractivity contribution in [3.63, 3.8) is 0 Å². The van der Waals surface area contributed by atoms with E-state index >= 15 is 4.39 Å². The largest absolute Gasteiger partial charge is 0.444 e. The predicted molar refractivity (Wildman–Crippen MR) is 134 cm³/mol. The average Bonchev–Trinajstić information content (AvgIpc) is 3.47. The third-order valence-corrected chi connectivity index (χ3v) is 7.59. The molecule has 4 heteroatoms. The highest BCUT2D eigenvalue weighted by Crippen LogP contribution is 2.47. The van der Waals surface area contributed by atoms with E-state index in [9.17, 15) is 4.79 Å². The highest BCUT2D eigenvalue weighted by atomic mass is 19.1. The lowest BCUT2D eigenvalue weighted by atomic mass is 9.84. The normalized spacial score (nSPS) is 17.3. The van der Waals surface area contributed by atoms with Crippen molar-refractivity contribution in [2.75, 3.05) is 0 Å². The number of carbonyl (C=O) groups is 1. The average molecular weight is 458 g/mol. The zero-order valence-corrected chi connectivity index (χ0v) is 20.1. The number of fused-ring (bicyclic) bond motifs is 5. The van der Waals surface area contributed by atoms with Crippen molar-refractivity contribution in [2.45, 2.75) is 77.6 Å². The predicted octanol–water partition coefficient (Wildman–Crippen LogP) is 8.22. The third kappa shape index (κ3) is 4.04. The lowest BCUT2D eigenvalue weighted by molar-refractivity contribution is 0.0994.